The van der Waals surface area contributed by atoms with E-state index in [9.17, 15) is 19.2 Å². The largest absolute Gasteiger partial charge is 0.457 e. The zero-order valence-electron chi connectivity index (χ0n) is 17.4. The first-order valence-corrected chi connectivity index (χ1v) is 10.2. The quantitative estimate of drug-likeness (QED) is 0.266. The van der Waals surface area contributed by atoms with Gasteiger partial charge in [0.1, 0.15) is 11.5 Å². The number of hydrogen-bond donors (Lipinski definition) is 0. The molecule has 0 unspecified atom stereocenters. The van der Waals surface area contributed by atoms with Crippen molar-refractivity contribution in [2.45, 2.75) is 0 Å². The Bertz CT molecular complexity index is 1200. The number of benzene rings is 4. The van der Waals surface area contributed by atoms with Crippen LogP contribution in [0.3, 0.4) is 0 Å². The highest BCUT2D eigenvalue weighted by Gasteiger charge is 2.19. The fraction of sp³-hybridized carbons (Fsp3) is 0. The summed E-state index contributed by atoms with van der Waals surface area (Å²) >= 11 is 0. The summed E-state index contributed by atoms with van der Waals surface area (Å²) in [6.07, 6.45) is 0. The van der Waals surface area contributed by atoms with Crippen LogP contribution < -0.4 is 4.74 Å². The Hall–Kier alpha value is -4.64. The molecular weight excluding hydrogens is 416 g/mol. The fourth-order valence-electron chi connectivity index (χ4n) is 3.19. The van der Waals surface area contributed by atoms with Gasteiger partial charge in [0.2, 0.25) is 23.1 Å². The molecule has 0 aromatic heterocycles. The highest BCUT2D eigenvalue weighted by Crippen LogP contribution is 2.23. The SMILES string of the molecule is O=C(C(=O)c1ccc(Oc2ccc(C(=O)C(=O)c3ccccc3)cc2)cc1)c1ccccc1. The summed E-state index contributed by atoms with van der Waals surface area (Å²) < 4.78 is 5.75. The summed E-state index contributed by atoms with van der Waals surface area (Å²) in [7, 11) is 0. The topological polar surface area (TPSA) is 77.5 Å². The molecule has 0 fully saturated rings. The zero-order valence-corrected chi connectivity index (χ0v) is 17.4. The van der Waals surface area contributed by atoms with Crippen molar-refractivity contribution in [1.82, 2.24) is 0 Å². The van der Waals surface area contributed by atoms with E-state index in [0.29, 0.717) is 22.6 Å². The molecule has 0 aliphatic rings. The number of carbonyl (C=O) groups is 4. The van der Waals surface area contributed by atoms with Gasteiger partial charge in [-0.2, -0.15) is 0 Å². The van der Waals surface area contributed by atoms with E-state index < -0.39 is 23.1 Å². The van der Waals surface area contributed by atoms with Gasteiger partial charge in [-0.05, 0) is 48.5 Å². The van der Waals surface area contributed by atoms with E-state index in [-0.39, 0.29) is 11.1 Å². The monoisotopic (exact) mass is 434 g/mol. The lowest BCUT2D eigenvalue weighted by atomic mass is 10.0. The average Bonchev–Trinajstić information content (AvgIpc) is 2.89. The molecule has 0 saturated heterocycles. The van der Waals surface area contributed by atoms with Crippen molar-refractivity contribution in [2.24, 2.45) is 0 Å². The lowest BCUT2D eigenvalue weighted by Gasteiger charge is -2.07. The molecule has 0 bridgehead atoms. The third-order valence-electron chi connectivity index (χ3n) is 4.95. The molecule has 4 aromatic carbocycles. The van der Waals surface area contributed by atoms with E-state index >= 15 is 0 Å². The minimum absolute atomic E-state index is 0.261. The van der Waals surface area contributed by atoms with Gasteiger partial charge in [0.05, 0.1) is 0 Å². The van der Waals surface area contributed by atoms with Crippen LogP contribution >= 0.6 is 0 Å². The Kier molecular flexibility index (Phi) is 6.32. The molecule has 5 heteroatoms. The molecular formula is C28H18O5. The molecule has 4 aromatic rings. The van der Waals surface area contributed by atoms with Crippen molar-refractivity contribution in [3.63, 3.8) is 0 Å². The van der Waals surface area contributed by atoms with Gasteiger partial charge in [0.15, 0.2) is 0 Å². The van der Waals surface area contributed by atoms with Crippen LogP contribution in [-0.2, 0) is 0 Å². The van der Waals surface area contributed by atoms with Gasteiger partial charge in [-0.15, -0.1) is 0 Å². The van der Waals surface area contributed by atoms with Crippen molar-refractivity contribution >= 4 is 23.1 Å². The molecule has 0 N–H and O–H groups in total. The molecule has 0 aliphatic heterocycles. The minimum atomic E-state index is -0.598. The van der Waals surface area contributed by atoms with Crippen LogP contribution in [0.2, 0.25) is 0 Å². The molecule has 0 saturated carbocycles. The van der Waals surface area contributed by atoms with Crippen molar-refractivity contribution in [3.05, 3.63) is 131 Å². The van der Waals surface area contributed by atoms with Crippen LogP contribution in [0.4, 0.5) is 0 Å². The number of hydrogen-bond acceptors (Lipinski definition) is 5. The third kappa shape index (κ3) is 4.99. The standard InChI is InChI=1S/C28H18O5/c29-25(19-7-3-1-4-8-19)27(31)21-11-15-23(16-12-21)33-24-17-13-22(14-18-24)28(32)26(30)20-9-5-2-6-10-20/h1-18H. The van der Waals surface area contributed by atoms with E-state index in [2.05, 4.69) is 0 Å². The van der Waals surface area contributed by atoms with Crippen LogP contribution in [0.5, 0.6) is 11.5 Å². The van der Waals surface area contributed by atoms with E-state index in [4.69, 9.17) is 4.74 Å². The van der Waals surface area contributed by atoms with E-state index in [1.807, 2.05) is 0 Å². The van der Waals surface area contributed by atoms with E-state index in [1.165, 1.54) is 24.3 Å². The lowest BCUT2D eigenvalue weighted by Crippen LogP contribution is -2.14. The first kappa shape index (κ1) is 21.6. The molecule has 0 atom stereocenters. The van der Waals surface area contributed by atoms with Crippen LogP contribution in [0, 0.1) is 0 Å². The van der Waals surface area contributed by atoms with Crippen molar-refractivity contribution in [2.75, 3.05) is 0 Å². The molecule has 33 heavy (non-hydrogen) atoms. The molecule has 0 spiro atoms. The Labute approximate surface area is 190 Å². The second kappa shape index (κ2) is 9.66. The predicted octanol–water partition coefficient (Wildman–Crippen LogP) is 5.61. The number of ether oxygens (including phenoxy) is 1. The van der Waals surface area contributed by atoms with E-state index in [0.717, 1.165) is 0 Å². The Morgan fingerprint density at radius 1 is 0.364 bits per heavy atom. The Morgan fingerprint density at radius 3 is 0.939 bits per heavy atom. The highest BCUT2D eigenvalue weighted by atomic mass is 16.5. The number of carbonyl (C=O) groups excluding carboxylic acids is 4. The molecule has 160 valence electrons. The van der Waals surface area contributed by atoms with Gasteiger partial charge in [0.25, 0.3) is 0 Å². The van der Waals surface area contributed by atoms with Gasteiger partial charge < -0.3 is 4.74 Å². The molecule has 0 aliphatic carbocycles. The summed E-state index contributed by atoms with van der Waals surface area (Å²) in [6.45, 7) is 0. The van der Waals surface area contributed by atoms with Gasteiger partial charge in [-0.1, -0.05) is 60.7 Å². The maximum absolute atomic E-state index is 12.4. The van der Waals surface area contributed by atoms with Gasteiger partial charge in [-0.25, -0.2) is 0 Å². The van der Waals surface area contributed by atoms with Crippen LogP contribution in [0.25, 0.3) is 0 Å². The van der Waals surface area contributed by atoms with Gasteiger partial charge >= 0.3 is 0 Å². The second-order valence-electron chi connectivity index (χ2n) is 7.20. The molecule has 4 rings (SSSR count). The maximum Gasteiger partial charge on any atom is 0.233 e. The molecule has 0 radical (unpaired) electrons. The summed E-state index contributed by atoms with van der Waals surface area (Å²) in [5, 5.41) is 0. The maximum atomic E-state index is 12.4. The molecule has 0 heterocycles. The van der Waals surface area contributed by atoms with Gasteiger partial charge in [-0.3, -0.25) is 19.2 Å². The minimum Gasteiger partial charge on any atom is -0.457 e. The Balaban J connectivity index is 1.41. The Morgan fingerprint density at radius 2 is 0.636 bits per heavy atom. The number of Topliss-reactive ketones (excluding diaryl/α,β-unsaturated/α-hetero) is 4. The average molecular weight is 434 g/mol. The summed E-state index contributed by atoms with van der Waals surface area (Å²) in [5.74, 6) is -1.43. The van der Waals surface area contributed by atoms with Crippen molar-refractivity contribution in [3.8, 4) is 11.5 Å². The van der Waals surface area contributed by atoms with Crippen molar-refractivity contribution in [1.29, 1.82) is 0 Å². The summed E-state index contributed by atoms with van der Waals surface area (Å²) in [4.78, 5) is 49.5. The zero-order chi connectivity index (χ0) is 23.2. The third-order valence-corrected chi connectivity index (χ3v) is 4.95. The first-order chi connectivity index (χ1) is 16.0. The fourth-order valence-corrected chi connectivity index (χ4v) is 3.19. The first-order valence-electron chi connectivity index (χ1n) is 10.2. The predicted molar refractivity (Wildman–Crippen MR) is 123 cm³/mol. The van der Waals surface area contributed by atoms with Crippen LogP contribution in [0.15, 0.2) is 109 Å². The summed E-state index contributed by atoms with van der Waals surface area (Å²) in [5.41, 5.74) is 1.19. The highest BCUT2D eigenvalue weighted by molar-refractivity contribution is 6.49. The van der Waals surface area contributed by atoms with Gasteiger partial charge in [0, 0.05) is 22.3 Å². The van der Waals surface area contributed by atoms with Crippen LogP contribution in [-0.4, -0.2) is 23.1 Å². The molecule has 5 nitrogen and oxygen atoms in total. The normalized spacial score (nSPS) is 10.3. The van der Waals surface area contributed by atoms with Crippen molar-refractivity contribution < 1.29 is 23.9 Å². The number of ketones is 4. The molecule has 0 amide bonds. The smallest absolute Gasteiger partial charge is 0.233 e. The lowest BCUT2D eigenvalue weighted by molar-refractivity contribution is 0.0817. The summed E-state index contributed by atoms with van der Waals surface area (Å²) in [6, 6.07) is 29.2. The van der Waals surface area contributed by atoms with E-state index in [1.54, 1.807) is 84.9 Å². The number of rotatable bonds is 8. The second-order valence-corrected chi connectivity index (χ2v) is 7.20. The van der Waals surface area contributed by atoms with Crippen LogP contribution in [0.1, 0.15) is 41.4 Å².